The van der Waals surface area contributed by atoms with E-state index in [0.717, 1.165) is 21.7 Å². The van der Waals surface area contributed by atoms with Gasteiger partial charge in [-0.1, -0.05) is 17.3 Å². The maximum atomic E-state index is 13.6. The molecular weight excluding hydrogens is 457 g/mol. The van der Waals surface area contributed by atoms with E-state index in [0.29, 0.717) is 11.6 Å². The number of hydrogen-bond acceptors (Lipinski definition) is 7. The fourth-order valence-electron chi connectivity index (χ4n) is 3.87. The van der Waals surface area contributed by atoms with Gasteiger partial charge in [0.25, 0.3) is 5.91 Å². The number of carbonyl (C=O) groups excluding carboxylic acids is 1. The Bertz CT molecular complexity index is 1190. The lowest BCUT2D eigenvalue weighted by molar-refractivity contribution is -0.235. The van der Waals surface area contributed by atoms with Gasteiger partial charge < -0.3 is 25.0 Å². The molecule has 1 aromatic heterocycles. The molecule has 2 heterocycles. The van der Waals surface area contributed by atoms with E-state index in [4.69, 9.17) is 4.74 Å². The summed E-state index contributed by atoms with van der Waals surface area (Å²) < 4.78 is 47.1. The largest absolute Gasteiger partial charge is 0.394 e. The average Bonchev–Trinajstić information content (AvgIpc) is 3.30. The molecule has 0 radical (unpaired) electrons. The molecule has 0 spiro atoms. The van der Waals surface area contributed by atoms with Gasteiger partial charge in [0, 0.05) is 18.2 Å². The summed E-state index contributed by atoms with van der Waals surface area (Å²) in [5, 5.41) is 39.3. The topological polar surface area (TPSA) is 121 Å². The van der Waals surface area contributed by atoms with Crippen molar-refractivity contribution in [2.24, 2.45) is 0 Å². The number of aromatic nitrogens is 3. The van der Waals surface area contributed by atoms with Gasteiger partial charge in [-0.05, 0) is 30.3 Å². The maximum Gasteiger partial charge on any atom is 0.255 e. The number of hydrogen-bond donors (Lipinski definition) is 3. The highest BCUT2D eigenvalue weighted by atomic mass is 19.2. The van der Waals surface area contributed by atoms with Crippen LogP contribution < -0.4 is 0 Å². The highest BCUT2D eigenvalue weighted by Gasteiger charge is 2.48. The van der Waals surface area contributed by atoms with Crippen LogP contribution in [0.15, 0.2) is 48.7 Å². The molecule has 3 aromatic rings. The SMILES string of the molecule is CN(C(=O)c1ccc(F)c(F)c1)[C@@H]1OC(CO)[C@H](O)[C@H](n2cc(-c3cccc(F)c3)nn2)C1O. The smallest absolute Gasteiger partial charge is 0.255 e. The second-order valence-corrected chi connectivity index (χ2v) is 7.86. The normalized spacial score (nSPS) is 24.7. The second kappa shape index (κ2) is 9.50. The molecule has 1 aliphatic rings. The Morgan fingerprint density at radius 3 is 2.56 bits per heavy atom. The standard InChI is InChI=1S/C22H21F3N4O5/c1-28(21(33)12-5-6-14(24)15(25)8-12)22-20(32)18(19(31)17(10-30)34-22)29-9-16(26-27-29)11-3-2-4-13(23)7-11/h2-9,17-20,22,30-32H,10H2,1H3/t17?,18-,19-,20?,22+/m0/s1. The lowest BCUT2D eigenvalue weighted by atomic mass is 9.94. The number of rotatable bonds is 5. The number of benzene rings is 2. The highest BCUT2D eigenvalue weighted by Crippen LogP contribution is 2.32. The first kappa shape index (κ1) is 23.8. The first-order valence-electron chi connectivity index (χ1n) is 10.2. The molecule has 0 saturated carbocycles. The number of likely N-dealkylation sites (N-methyl/N-ethyl adjacent to an activating group) is 1. The molecule has 0 aliphatic carbocycles. The molecule has 4 rings (SSSR count). The van der Waals surface area contributed by atoms with Gasteiger partial charge in [0.1, 0.15) is 35.9 Å². The molecule has 3 N–H and O–H groups in total. The summed E-state index contributed by atoms with van der Waals surface area (Å²) in [5.41, 5.74) is 0.464. The van der Waals surface area contributed by atoms with Crippen LogP contribution in [0.4, 0.5) is 13.2 Å². The molecule has 0 bridgehead atoms. The number of aliphatic hydroxyl groups is 3. The van der Waals surface area contributed by atoms with Crippen molar-refractivity contribution in [3.05, 3.63) is 71.7 Å². The van der Waals surface area contributed by atoms with Crippen molar-refractivity contribution >= 4 is 5.91 Å². The van der Waals surface area contributed by atoms with Crippen LogP contribution in [-0.2, 0) is 4.74 Å². The number of carbonyl (C=O) groups is 1. The van der Waals surface area contributed by atoms with E-state index in [1.807, 2.05) is 0 Å². The van der Waals surface area contributed by atoms with Crippen molar-refractivity contribution in [2.75, 3.05) is 13.7 Å². The van der Waals surface area contributed by atoms with Crippen LogP contribution in [0.1, 0.15) is 16.4 Å². The summed E-state index contributed by atoms with van der Waals surface area (Å²) in [7, 11) is 1.26. The lowest BCUT2D eigenvalue weighted by Gasteiger charge is -2.45. The summed E-state index contributed by atoms with van der Waals surface area (Å²) in [6.45, 7) is -0.653. The molecule has 1 aliphatic heterocycles. The zero-order valence-electron chi connectivity index (χ0n) is 17.8. The van der Waals surface area contributed by atoms with Crippen LogP contribution in [0.3, 0.4) is 0 Å². The van der Waals surface area contributed by atoms with Crippen molar-refractivity contribution in [3.63, 3.8) is 0 Å². The lowest BCUT2D eigenvalue weighted by Crippen LogP contribution is -2.61. The van der Waals surface area contributed by atoms with E-state index in [1.165, 1.54) is 31.4 Å². The number of ether oxygens (including phenoxy) is 1. The molecule has 34 heavy (non-hydrogen) atoms. The Balaban J connectivity index is 1.63. The third-order valence-electron chi connectivity index (χ3n) is 5.67. The zero-order valence-corrected chi connectivity index (χ0v) is 17.8. The van der Waals surface area contributed by atoms with E-state index in [1.54, 1.807) is 6.07 Å². The van der Waals surface area contributed by atoms with Crippen LogP contribution in [0.2, 0.25) is 0 Å². The fourth-order valence-corrected chi connectivity index (χ4v) is 3.87. The molecule has 9 nitrogen and oxygen atoms in total. The van der Waals surface area contributed by atoms with Crippen LogP contribution in [0.5, 0.6) is 0 Å². The summed E-state index contributed by atoms with van der Waals surface area (Å²) in [5.74, 6) is -3.64. The summed E-state index contributed by atoms with van der Waals surface area (Å²) in [6.07, 6.45) is -4.27. The summed E-state index contributed by atoms with van der Waals surface area (Å²) >= 11 is 0. The third kappa shape index (κ3) is 4.40. The zero-order chi connectivity index (χ0) is 24.6. The summed E-state index contributed by atoms with van der Waals surface area (Å²) in [6, 6.07) is 6.94. The molecule has 2 aromatic carbocycles. The van der Waals surface area contributed by atoms with Crippen molar-refractivity contribution in [1.82, 2.24) is 19.9 Å². The Labute approximate surface area is 191 Å². The number of aliphatic hydroxyl groups excluding tert-OH is 3. The van der Waals surface area contributed by atoms with Crippen LogP contribution >= 0.6 is 0 Å². The first-order chi connectivity index (χ1) is 16.2. The van der Waals surface area contributed by atoms with Gasteiger partial charge in [-0.3, -0.25) is 4.79 Å². The van der Waals surface area contributed by atoms with E-state index in [2.05, 4.69) is 10.3 Å². The Kier molecular flexibility index (Phi) is 6.66. The number of halogens is 3. The quantitative estimate of drug-likeness (QED) is 0.503. The van der Waals surface area contributed by atoms with Crippen LogP contribution in [0.25, 0.3) is 11.3 Å². The minimum atomic E-state index is -1.57. The molecule has 2 unspecified atom stereocenters. The van der Waals surface area contributed by atoms with E-state index < -0.39 is 60.5 Å². The monoisotopic (exact) mass is 478 g/mol. The van der Waals surface area contributed by atoms with Crippen molar-refractivity contribution < 1.29 is 38.0 Å². The van der Waals surface area contributed by atoms with E-state index in [-0.39, 0.29) is 11.3 Å². The van der Waals surface area contributed by atoms with Gasteiger partial charge >= 0.3 is 0 Å². The molecular formula is C22H21F3N4O5. The Morgan fingerprint density at radius 1 is 1.12 bits per heavy atom. The first-order valence-corrected chi connectivity index (χ1v) is 10.2. The Morgan fingerprint density at radius 2 is 1.88 bits per heavy atom. The van der Waals surface area contributed by atoms with Crippen molar-refractivity contribution in [1.29, 1.82) is 0 Å². The molecule has 5 atom stereocenters. The number of amides is 1. The van der Waals surface area contributed by atoms with Gasteiger partial charge in [0.05, 0.1) is 12.8 Å². The van der Waals surface area contributed by atoms with E-state index in [9.17, 15) is 33.3 Å². The van der Waals surface area contributed by atoms with Gasteiger partial charge in [-0.25, -0.2) is 17.9 Å². The van der Waals surface area contributed by atoms with Crippen molar-refractivity contribution in [3.8, 4) is 11.3 Å². The molecule has 180 valence electrons. The maximum absolute atomic E-state index is 13.6. The summed E-state index contributed by atoms with van der Waals surface area (Å²) in [4.78, 5) is 13.8. The molecule has 1 fully saturated rings. The van der Waals surface area contributed by atoms with Gasteiger partial charge in [0.15, 0.2) is 17.9 Å². The van der Waals surface area contributed by atoms with Crippen LogP contribution in [-0.4, -0.2) is 79.3 Å². The van der Waals surface area contributed by atoms with Crippen LogP contribution in [0, 0.1) is 17.5 Å². The average molecular weight is 478 g/mol. The highest BCUT2D eigenvalue weighted by molar-refractivity contribution is 5.94. The third-order valence-corrected chi connectivity index (χ3v) is 5.67. The minimum Gasteiger partial charge on any atom is -0.394 e. The fraction of sp³-hybridized carbons (Fsp3) is 0.318. The van der Waals surface area contributed by atoms with E-state index >= 15 is 0 Å². The number of nitrogens with zero attached hydrogens (tertiary/aromatic N) is 4. The Hall–Kier alpha value is -3.32. The molecule has 1 amide bonds. The van der Waals surface area contributed by atoms with Gasteiger partial charge in [-0.2, -0.15) is 0 Å². The predicted molar refractivity (Wildman–Crippen MR) is 111 cm³/mol. The van der Waals surface area contributed by atoms with Crippen molar-refractivity contribution in [2.45, 2.75) is 30.6 Å². The van der Waals surface area contributed by atoms with Gasteiger partial charge in [-0.15, -0.1) is 5.10 Å². The minimum absolute atomic E-state index is 0.199. The van der Waals surface area contributed by atoms with Gasteiger partial charge in [0.2, 0.25) is 0 Å². The predicted octanol–water partition coefficient (Wildman–Crippen LogP) is 1.11. The second-order valence-electron chi connectivity index (χ2n) is 7.86. The molecule has 12 heteroatoms. The molecule has 1 saturated heterocycles.